The number of rotatable bonds is 0. The quantitative estimate of drug-likeness (QED) is 0.521. The van der Waals surface area contributed by atoms with Crippen LogP contribution in [0.2, 0.25) is 0 Å². The summed E-state index contributed by atoms with van der Waals surface area (Å²) in [4.78, 5) is 0. The molecule has 0 aromatic carbocycles. The summed E-state index contributed by atoms with van der Waals surface area (Å²) in [6.07, 6.45) is 0. The Morgan fingerprint density at radius 1 is 1.40 bits per heavy atom. The van der Waals surface area contributed by atoms with Crippen LogP contribution in [0.4, 0.5) is 0 Å². The van der Waals surface area contributed by atoms with E-state index in [1.807, 2.05) is 0 Å². The average molecular weight is 304 g/mol. The van der Waals surface area contributed by atoms with Gasteiger partial charge in [0, 0.05) is 36.9 Å². The third-order valence-corrected chi connectivity index (χ3v) is 0. The molecule has 0 aromatic heterocycles. The van der Waals surface area contributed by atoms with Crippen LogP contribution in [-0.2, 0) is 0 Å². The maximum atomic E-state index is 8.63. The van der Waals surface area contributed by atoms with Gasteiger partial charge in [0.1, 0.15) is 0 Å². The predicted octanol–water partition coefficient (Wildman–Crippen LogP) is -2.94. The van der Waals surface area contributed by atoms with Crippen LogP contribution in [-0.4, -0.2) is 4.20 Å². The van der Waals surface area contributed by atoms with Crippen molar-refractivity contribution in [1.82, 2.24) is 0 Å². The first kappa shape index (κ1) is 9.78. The zero-order chi connectivity index (χ0) is 3.58. The molecule has 5 heavy (non-hydrogen) atoms. The van der Waals surface area contributed by atoms with E-state index >= 15 is 0 Å². The fraction of sp³-hybridized carbons (Fsp3) is 0. The van der Waals surface area contributed by atoms with Crippen LogP contribution in [0.5, 0.6) is 0 Å². The van der Waals surface area contributed by atoms with E-state index in [1.165, 1.54) is 0 Å². The number of halogens is 1. The molecule has 0 atom stereocenters. The van der Waals surface area contributed by atoms with E-state index in [0.29, 0.717) is 0 Å². The van der Waals surface area contributed by atoms with Gasteiger partial charge in [0.25, 0.3) is 0 Å². The van der Waals surface area contributed by atoms with Gasteiger partial charge in [0.05, 0.1) is 0 Å². The summed E-state index contributed by atoms with van der Waals surface area (Å²) < 4.78 is 24.3. The van der Waals surface area contributed by atoms with Crippen molar-refractivity contribution in [2.24, 2.45) is 0 Å². The minimum atomic E-state index is -3.40. The van der Waals surface area contributed by atoms with Gasteiger partial charge in [-0.05, 0) is 4.20 Å². The van der Waals surface area contributed by atoms with Gasteiger partial charge < -0.3 is 8.40 Å². The smallest absolute Gasteiger partial charge is 0.372 e. The Morgan fingerprint density at radius 3 is 1.40 bits per heavy atom. The SMILES string of the molecule is [Lu].[O-][Br+2]([O-])O. The maximum Gasteiger partial charge on any atom is 0.433 e. The van der Waals surface area contributed by atoms with Gasteiger partial charge in [-0.15, -0.1) is 0 Å². The summed E-state index contributed by atoms with van der Waals surface area (Å²) in [7, 11) is 0. The summed E-state index contributed by atoms with van der Waals surface area (Å²) >= 11 is -3.40. The van der Waals surface area contributed by atoms with Crippen LogP contribution in [0.15, 0.2) is 0 Å². The van der Waals surface area contributed by atoms with Crippen LogP contribution >= 0.6 is 0 Å². The zero-order valence-electron chi connectivity index (χ0n) is 1.90. The molecule has 0 aromatic rings. The molecule has 0 aliphatic carbocycles. The first-order valence-electron chi connectivity index (χ1n) is 0.478. The van der Waals surface area contributed by atoms with E-state index in [0.717, 1.165) is 0 Å². The summed E-state index contributed by atoms with van der Waals surface area (Å²) in [6, 6.07) is 0. The van der Waals surface area contributed by atoms with Crippen molar-refractivity contribution in [3.8, 4) is 0 Å². The Balaban J connectivity index is 0. The van der Waals surface area contributed by atoms with Crippen molar-refractivity contribution in [2.45, 2.75) is 0 Å². The molecule has 0 aliphatic heterocycles. The van der Waals surface area contributed by atoms with Gasteiger partial charge in [-0.2, -0.15) is 0 Å². The van der Waals surface area contributed by atoms with Crippen molar-refractivity contribution in [3.63, 3.8) is 0 Å². The van der Waals surface area contributed by atoms with E-state index < -0.39 is 14.8 Å². The summed E-state index contributed by atoms with van der Waals surface area (Å²) in [5.41, 5.74) is 0. The Morgan fingerprint density at radius 2 is 1.40 bits per heavy atom. The minimum Gasteiger partial charge on any atom is -0.372 e. The maximum absolute atomic E-state index is 8.63. The largest absolute Gasteiger partial charge is 0.433 e. The van der Waals surface area contributed by atoms with Crippen molar-refractivity contribution in [1.29, 1.82) is 0 Å². The molecule has 0 unspecified atom stereocenters. The fourth-order valence-electron chi connectivity index (χ4n) is 0. The number of hydrogen-bond donors (Lipinski definition) is 1. The van der Waals surface area contributed by atoms with E-state index in [-0.39, 0.29) is 36.9 Å². The normalized spacial score (nSPS) is 7.20. The van der Waals surface area contributed by atoms with Crippen LogP contribution in [0, 0.1) is 51.7 Å². The van der Waals surface area contributed by atoms with Crippen molar-refractivity contribution >= 4 is 0 Å². The van der Waals surface area contributed by atoms with E-state index in [9.17, 15) is 0 Å². The molecule has 0 saturated heterocycles. The standard InChI is InChI=1S/BrHO3.Lu/c2-1(3)4;/h2H;. The van der Waals surface area contributed by atoms with Crippen molar-refractivity contribution in [2.75, 3.05) is 0 Å². The molecule has 1 radical (unpaired) electrons. The van der Waals surface area contributed by atoms with Gasteiger partial charge in [-0.25, -0.2) is 0 Å². The minimum absolute atomic E-state index is 0. The Kier molecular flexibility index (Phi) is 10.9. The molecule has 41 valence electrons. The van der Waals surface area contributed by atoms with Crippen molar-refractivity contribution in [3.05, 3.63) is 0 Å². The fourth-order valence-corrected chi connectivity index (χ4v) is 0. The Labute approximate surface area is 63.6 Å². The molecule has 0 bridgehead atoms. The zero-order valence-corrected chi connectivity index (χ0v) is 5.14. The van der Waals surface area contributed by atoms with Gasteiger partial charge in [0.15, 0.2) is 0 Å². The third-order valence-electron chi connectivity index (χ3n) is 0. The van der Waals surface area contributed by atoms with E-state index in [1.54, 1.807) is 0 Å². The molecule has 0 saturated carbocycles. The molecule has 0 amide bonds. The summed E-state index contributed by atoms with van der Waals surface area (Å²) in [5.74, 6) is 0. The molecule has 0 aliphatic rings. The van der Waals surface area contributed by atoms with Gasteiger partial charge in [-0.3, -0.25) is 0 Å². The first-order valence-corrected chi connectivity index (χ1v) is 2.48. The second kappa shape index (κ2) is 5.59. The molecular formula is HBrLuO3. The van der Waals surface area contributed by atoms with Gasteiger partial charge in [0.2, 0.25) is 0 Å². The molecule has 0 heterocycles. The number of hydrogen-bond acceptors (Lipinski definition) is 3. The summed E-state index contributed by atoms with van der Waals surface area (Å²) in [6.45, 7) is 0. The molecule has 0 fully saturated rings. The summed E-state index contributed by atoms with van der Waals surface area (Å²) in [5, 5.41) is 0. The van der Waals surface area contributed by atoms with Crippen LogP contribution in [0.1, 0.15) is 0 Å². The Hall–Kier alpha value is 1.59. The van der Waals surface area contributed by atoms with Crippen molar-refractivity contribution < 1.29 is 64.3 Å². The van der Waals surface area contributed by atoms with Crippen LogP contribution in [0.3, 0.4) is 0 Å². The Bertz CT molecular complexity index is 11.6. The second-order valence-corrected chi connectivity index (χ2v) is 1.04. The van der Waals surface area contributed by atoms with Crippen LogP contribution in [0.25, 0.3) is 0 Å². The van der Waals surface area contributed by atoms with E-state index in [2.05, 4.69) is 0 Å². The third kappa shape index (κ3) is 28.4. The second-order valence-electron chi connectivity index (χ2n) is 0.201. The average Bonchev–Trinajstić information content (AvgIpc) is 0.811. The molecular weight excluding hydrogens is 303 g/mol. The predicted molar refractivity (Wildman–Crippen MR) is 2.22 cm³/mol. The van der Waals surface area contributed by atoms with E-state index in [4.69, 9.17) is 12.6 Å². The van der Waals surface area contributed by atoms with Gasteiger partial charge >= 0.3 is 14.8 Å². The van der Waals surface area contributed by atoms with Gasteiger partial charge in [-0.1, -0.05) is 0 Å². The molecule has 3 nitrogen and oxygen atoms in total. The molecule has 0 rings (SSSR count). The topological polar surface area (TPSA) is 66.3 Å². The molecule has 0 spiro atoms. The van der Waals surface area contributed by atoms with Crippen LogP contribution < -0.4 is 8.40 Å². The molecule has 1 N–H and O–H groups in total. The monoisotopic (exact) mass is 303 g/mol. The first-order chi connectivity index (χ1) is 1.73. The molecule has 5 heteroatoms.